The summed E-state index contributed by atoms with van der Waals surface area (Å²) < 4.78 is 4.72. The first-order chi connectivity index (χ1) is 7.19. The molecule has 0 aliphatic carbocycles. The van der Waals surface area contributed by atoms with Gasteiger partial charge in [-0.15, -0.1) is 0 Å². The molecule has 0 saturated carbocycles. The highest BCUT2D eigenvalue weighted by Gasteiger charge is 2.30. The predicted octanol–water partition coefficient (Wildman–Crippen LogP) is -0.240. The number of hydrogen-bond donors (Lipinski definition) is 1. The van der Waals surface area contributed by atoms with Gasteiger partial charge in [-0.2, -0.15) is 0 Å². The lowest BCUT2D eigenvalue weighted by molar-refractivity contribution is -0.148. The Balaban J connectivity index is 2.57. The second-order valence-corrected chi connectivity index (χ2v) is 3.68. The summed E-state index contributed by atoms with van der Waals surface area (Å²) in [6.07, 6.45) is 2.83. The van der Waals surface area contributed by atoms with Crippen LogP contribution in [0.1, 0.15) is 19.3 Å². The highest BCUT2D eigenvalue weighted by molar-refractivity contribution is 5.80. The Morgan fingerprint density at radius 2 is 2.20 bits per heavy atom. The second-order valence-electron chi connectivity index (χ2n) is 3.68. The average Bonchev–Trinajstić information content (AvgIpc) is 2.28. The van der Waals surface area contributed by atoms with Crippen molar-refractivity contribution in [1.82, 2.24) is 10.2 Å². The van der Waals surface area contributed by atoms with Gasteiger partial charge < -0.3 is 10.1 Å². The number of carbonyl (C=O) groups excluding carboxylic acids is 2. The molecule has 1 amide bonds. The molecule has 5 nitrogen and oxygen atoms in total. The van der Waals surface area contributed by atoms with E-state index in [1.165, 1.54) is 7.11 Å². The lowest BCUT2D eigenvalue weighted by Gasteiger charge is -2.32. The third kappa shape index (κ3) is 3.20. The molecule has 1 saturated heterocycles. The van der Waals surface area contributed by atoms with E-state index in [1.54, 1.807) is 7.05 Å². The van der Waals surface area contributed by atoms with E-state index >= 15 is 0 Å². The minimum atomic E-state index is -0.249. The summed E-state index contributed by atoms with van der Waals surface area (Å²) in [5, 5.41) is 2.56. The van der Waals surface area contributed by atoms with Crippen LogP contribution >= 0.6 is 0 Å². The summed E-state index contributed by atoms with van der Waals surface area (Å²) in [5.74, 6) is -0.301. The summed E-state index contributed by atoms with van der Waals surface area (Å²) in [6.45, 7) is 1.06. The zero-order valence-corrected chi connectivity index (χ0v) is 9.28. The lowest BCUT2D eigenvalue weighted by atomic mass is 10.0. The number of carbonyl (C=O) groups is 2. The van der Waals surface area contributed by atoms with E-state index in [-0.39, 0.29) is 24.5 Å². The molecule has 1 heterocycles. The number of likely N-dealkylation sites (N-methyl/N-ethyl adjacent to an activating group) is 1. The quantitative estimate of drug-likeness (QED) is 0.659. The van der Waals surface area contributed by atoms with E-state index in [0.29, 0.717) is 0 Å². The summed E-state index contributed by atoms with van der Waals surface area (Å²) >= 11 is 0. The molecule has 1 N–H and O–H groups in total. The van der Waals surface area contributed by atoms with Crippen molar-refractivity contribution in [3.63, 3.8) is 0 Å². The first-order valence-electron chi connectivity index (χ1n) is 5.21. The maximum absolute atomic E-state index is 11.5. The van der Waals surface area contributed by atoms with Gasteiger partial charge in [0.05, 0.1) is 13.7 Å². The minimum Gasteiger partial charge on any atom is -0.468 e. The first kappa shape index (κ1) is 12.0. The highest BCUT2D eigenvalue weighted by Crippen LogP contribution is 2.17. The third-order valence-electron chi connectivity index (χ3n) is 2.71. The fourth-order valence-electron chi connectivity index (χ4n) is 1.85. The van der Waals surface area contributed by atoms with Crippen LogP contribution in [0.4, 0.5) is 0 Å². The van der Waals surface area contributed by atoms with Gasteiger partial charge in [0, 0.05) is 7.05 Å². The second kappa shape index (κ2) is 5.70. The Kier molecular flexibility index (Phi) is 4.55. The van der Waals surface area contributed by atoms with Crippen molar-refractivity contribution in [2.45, 2.75) is 25.3 Å². The average molecular weight is 214 g/mol. The number of likely N-dealkylation sites (tertiary alicyclic amines) is 1. The third-order valence-corrected chi connectivity index (χ3v) is 2.71. The van der Waals surface area contributed by atoms with Crippen molar-refractivity contribution in [3.8, 4) is 0 Å². The fraction of sp³-hybridized carbons (Fsp3) is 0.800. The van der Waals surface area contributed by atoms with Crippen molar-refractivity contribution in [3.05, 3.63) is 0 Å². The number of methoxy groups -OCH3 is 1. The van der Waals surface area contributed by atoms with Gasteiger partial charge >= 0.3 is 5.97 Å². The highest BCUT2D eigenvalue weighted by atomic mass is 16.5. The molecule has 0 radical (unpaired) electrons. The first-order valence-corrected chi connectivity index (χ1v) is 5.21. The molecule has 0 spiro atoms. The largest absolute Gasteiger partial charge is 0.468 e. The van der Waals surface area contributed by atoms with E-state index in [4.69, 9.17) is 4.74 Å². The van der Waals surface area contributed by atoms with Gasteiger partial charge in [-0.3, -0.25) is 14.5 Å². The summed E-state index contributed by atoms with van der Waals surface area (Å²) in [5.41, 5.74) is 0. The molecule has 0 aromatic carbocycles. The Labute approximate surface area is 89.8 Å². The zero-order valence-electron chi connectivity index (χ0n) is 9.28. The van der Waals surface area contributed by atoms with Crippen LogP contribution in [0.25, 0.3) is 0 Å². The number of ether oxygens (including phenoxy) is 1. The molecular formula is C10H18N2O3. The molecule has 1 aliphatic heterocycles. The summed E-state index contributed by atoms with van der Waals surface area (Å²) in [7, 11) is 2.98. The number of nitrogens with one attached hydrogen (secondary N) is 1. The standard InChI is InChI=1S/C10H18N2O3/c1-11-9(13)7-12-6-4-3-5-8(12)10(14)15-2/h8H,3-7H2,1-2H3,(H,11,13). The maximum atomic E-state index is 11.5. The zero-order chi connectivity index (χ0) is 11.3. The number of hydrogen-bond acceptors (Lipinski definition) is 4. The molecule has 1 aliphatic rings. The fourth-order valence-corrected chi connectivity index (χ4v) is 1.85. The van der Waals surface area contributed by atoms with Crippen molar-refractivity contribution in [2.24, 2.45) is 0 Å². The monoisotopic (exact) mass is 214 g/mol. The Morgan fingerprint density at radius 3 is 2.80 bits per heavy atom. The van der Waals surface area contributed by atoms with Gasteiger partial charge in [0.1, 0.15) is 6.04 Å². The van der Waals surface area contributed by atoms with E-state index in [9.17, 15) is 9.59 Å². The van der Waals surface area contributed by atoms with Gasteiger partial charge in [-0.05, 0) is 19.4 Å². The van der Waals surface area contributed by atoms with Gasteiger partial charge in [0.25, 0.3) is 0 Å². The molecule has 1 atom stereocenters. The molecule has 5 heteroatoms. The number of piperidine rings is 1. The predicted molar refractivity (Wildman–Crippen MR) is 55.3 cm³/mol. The van der Waals surface area contributed by atoms with Crippen molar-refractivity contribution in [1.29, 1.82) is 0 Å². The molecule has 15 heavy (non-hydrogen) atoms. The molecule has 86 valence electrons. The van der Waals surface area contributed by atoms with E-state index in [1.807, 2.05) is 4.90 Å². The van der Waals surface area contributed by atoms with E-state index in [2.05, 4.69) is 5.32 Å². The smallest absolute Gasteiger partial charge is 0.323 e. The Morgan fingerprint density at radius 1 is 1.47 bits per heavy atom. The Hall–Kier alpha value is -1.10. The van der Waals surface area contributed by atoms with Gasteiger partial charge in [-0.25, -0.2) is 0 Å². The minimum absolute atomic E-state index is 0.0641. The topological polar surface area (TPSA) is 58.6 Å². The lowest BCUT2D eigenvalue weighted by Crippen LogP contribution is -2.49. The number of nitrogens with zero attached hydrogens (tertiary/aromatic N) is 1. The van der Waals surface area contributed by atoms with E-state index < -0.39 is 0 Å². The number of amides is 1. The SMILES string of the molecule is CNC(=O)CN1CCCCC1C(=O)OC. The number of esters is 1. The molecule has 1 rings (SSSR count). The van der Waals surface area contributed by atoms with Crippen LogP contribution in [0.15, 0.2) is 0 Å². The molecular weight excluding hydrogens is 196 g/mol. The maximum Gasteiger partial charge on any atom is 0.323 e. The van der Waals surface area contributed by atoms with Crippen LogP contribution < -0.4 is 5.32 Å². The van der Waals surface area contributed by atoms with Crippen molar-refractivity contribution in [2.75, 3.05) is 27.2 Å². The molecule has 0 bridgehead atoms. The van der Waals surface area contributed by atoms with Crippen LogP contribution in [0.5, 0.6) is 0 Å². The van der Waals surface area contributed by atoms with Crippen LogP contribution in [-0.4, -0.2) is 50.1 Å². The van der Waals surface area contributed by atoms with Gasteiger partial charge in [0.2, 0.25) is 5.91 Å². The van der Waals surface area contributed by atoms with Crippen molar-refractivity contribution < 1.29 is 14.3 Å². The molecule has 0 aromatic heterocycles. The van der Waals surface area contributed by atoms with Crippen LogP contribution in [0, 0.1) is 0 Å². The Bertz CT molecular complexity index is 243. The van der Waals surface area contributed by atoms with Crippen molar-refractivity contribution >= 4 is 11.9 Å². The molecule has 0 aromatic rings. The molecule has 1 unspecified atom stereocenters. The molecule has 1 fully saturated rings. The van der Waals surface area contributed by atoms with Crippen LogP contribution in [-0.2, 0) is 14.3 Å². The normalized spacial score (nSPS) is 22.1. The summed E-state index contributed by atoms with van der Waals surface area (Å²) in [6, 6.07) is -0.249. The van der Waals surface area contributed by atoms with Gasteiger partial charge in [0.15, 0.2) is 0 Å². The van der Waals surface area contributed by atoms with E-state index in [0.717, 1.165) is 25.8 Å². The summed E-state index contributed by atoms with van der Waals surface area (Å²) in [4.78, 5) is 24.6. The van der Waals surface area contributed by atoms with Crippen LogP contribution in [0.2, 0.25) is 0 Å². The van der Waals surface area contributed by atoms with Gasteiger partial charge in [-0.1, -0.05) is 6.42 Å². The van der Waals surface area contributed by atoms with Crippen LogP contribution in [0.3, 0.4) is 0 Å². The number of rotatable bonds is 3.